The van der Waals surface area contributed by atoms with Gasteiger partial charge in [-0.25, -0.2) is 0 Å². The number of rotatable bonds is 7. The number of amides is 1. The molecule has 3 heterocycles. The molecule has 0 unspecified atom stereocenters. The van der Waals surface area contributed by atoms with Crippen LogP contribution in [-0.4, -0.2) is 80.2 Å². The third-order valence-corrected chi connectivity index (χ3v) is 6.69. The molecule has 2 aromatic rings. The van der Waals surface area contributed by atoms with Crippen LogP contribution < -0.4 is 19.8 Å². The Kier molecular flexibility index (Phi) is 7.59. The number of hydrogen-bond donors (Lipinski definition) is 0. The zero-order chi connectivity index (χ0) is 22.3. The first kappa shape index (κ1) is 22.5. The van der Waals surface area contributed by atoms with E-state index in [9.17, 15) is 9.59 Å². The number of para-hydroxylation sites is 2. The molecule has 0 atom stereocenters. The molecule has 0 spiro atoms. The Labute approximate surface area is 192 Å². The first-order valence-corrected chi connectivity index (χ1v) is 12.0. The average Bonchev–Trinajstić information content (AvgIpc) is 2.84. The van der Waals surface area contributed by atoms with Crippen LogP contribution in [0.5, 0.6) is 11.5 Å². The van der Waals surface area contributed by atoms with Crippen molar-refractivity contribution in [1.82, 2.24) is 9.80 Å². The van der Waals surface area contributed by atoms with Crippen LogP contribution in [0.25, 0.3) is 0 Å². The van der Waals surface area contributed by atoms with Crippen molar-refractivity contribution in [3.8, 4) is 11.5 Å². The number of carbonyl (C=O) groups excluding carboxylic acids is 1. The maximum absolute atomic E-state index is 12.4. The molecule has 2 aliphatic heterocycles. The first-order valence-electron chi connectivity index (χ1n) is 10.8. The minimum absolute atomic E-state index is 0.0782. The van der Waals surface area contributed by atoms with Crippen molar-refractivity contribution in [3.63, 3.8) is 0 Å². The predicted octanol–water partition coefficient (Wildman–Crippen LogP) is 1.92. The van der Waals surface area contributed by atoms with E-state index in [1.54, 1.807) is 12.0 Å². The van der Waals surface area contributed by atoms with Gasteiger partial charge >= 0.3 is 0 Å². The molecule has 0 saturated carbocycles. The van der Waals surface area contributed by atoms with Crippen molar-refractivity contribution in [2.24, 2.45) is 0 Å². The minimum atomic E-state index is -0.263. The molecule has 0 bridgehead atoms. The lowest BCUT2D eigenvalue weighted by molar-refractivity contribution is -0.133. The van der Waals surface area contributed by atoms with Gasteiger partial charge in [0, 0.05) is 56.8 Å². The number of hydrogen-bond acceptors (Lipinski definition) is 8. The highest BCUT2D eigenvalue weighted by Crippen LogP contribution is 2.28. The fourth-order valence-corrected chi connectivity index (χ4v) is 4.83. The topological polar surface area (TPSA) is 75.5 Å². The maximum atomic E-state index is 12.4. The summed E-state index contributed by atoms with van der Waals surface area (Å²) in [7, 11) is 1.69. The Morgan fingerprint density at radius 3 is 2.53 bits per heavy atom. The van der Waals surface area contributed by atoms with Gasteiger partial charge < -0.3 is 23.7 Å². The molecule has 1 aromatic carbocycles. The molecule has 0 radical (unpaired) electrons. The van der Waals surface area contributed by atoms with Crippen LogP contribution in [0.4, 0.5) is 5.69 Å². The normalized spacial score (nSPS) is 17.3. The lowest BCUT2D eigenvalue weighted by Gasteiger charge is -2.36. The number of piperazine rings is 1. The van der Waals surface area contributed by atoms with Crippen molar-refractivity contribution < 1.29 is 18.7 Å². The molecule has 32 heavy (non-hydrogen) atoms. The third-order valence-electron chi connectivity index (χ3n) is 5.74. The average molecular weight is 460 g/mol. The van der Waals surface area contributed by atoms with Crippen LogP contribution in [0.3, 0.4) is 0 Å². The fourth-order valence-electron chi connectivity index (χ4n) is 3.93. The second-order valence-corrected chi connectivity index (χ2v) is 9.02. The molecule has 9 heteroatoms. The highest BCUT2D eigenvalue weighted by molar-refractivity contribution is 7.99. The van der Waals surface area contributed by atoms with Gasteiger partial charge in [0.15, 0.2) is 6.61 Å². The molecule has 0 N–H and O–H groups in total. The Morgan fingerprint density at radius 2 is 1.81 bits per heavy atom. The van der Waals surface area contributed by atoms with Gasteiger partial charge in [-0.2, -0.15) is 11.8 Å². The monoisotopic (exact) mass is 459 g/mol. The van der Waals surface area contributed by atoms with Crippen LogP contribution >= 0.6 is 11.8 Å². The van der Waals surface area contributed by atoms with E-state index >= 15 is 0 Å². The van der Waals surface area contributed by atoms with Crippen molar-refractivity contribution in [1.29, 1.82) is 0 Å². The molecule has 2 saturated heterocycles. The van der Waals surface area contributed by atoms with Crippen LogP contribution in [0.15, 0.2) is 45.8 Å². The van der Waals surface area contributed by atoms with Gasteiger partial charge in [-0.3, -0.25) is 14.5 Å². The largest absolute Gasteiger partial charge is 0.495 e. The zero-order valence-corrected chi connectivity index (χ0v) is 19.1. The standard InChI is InChI=1S/C23H29N3O5S/c1-29-21-5-3-2-4-19(21)25-8-6-24(7-9-25)15-18-14-20(27)22(16-30-18)31-17-23(28)26-10-12-32-13-11-26/h2-5,14,16H,6-13,15,17H2,1H3. The minimum Gasteiger partial charge on any atom is -0.495 e. The predicted molar refractivity (Wildman–Crippen MR) is 125 cm³/mol. The van der Waals surface area contributed by atoms with E-state index in [1.807, 2.05) is 30.0 Å². The number of carbonyl (C=O) groups is 1. The molecular weight excluding hydrogens is 430 g/mol. The molecule has 0 aliphatic carbocycles. The zero-order valence-electron chi connectivity index (χ0n) is 18.3. The summed E-state index contributed by atoms with van der Waals surface area (Å²) in [5.74, 6) is 3.33. The SMILES string of the molecule is COc1ccccc1N1CCN(Cc2cc(=O)c(OCC(=O)N3CCSCC3)co2)CC1. The summed E-state index contributed by atoms with van der Waals surface area (Å²) in [6, 6.07) is 9.49. The van der Waals surface area contributed by atoms with Crippen molar-refractivity contribution in [3.05, 3.63) is 52.6 Å². The number of ether oxygens (including phenoxy) is 2. The van der Waals surface area contributed by atoms with Gasteiger partial charge in [0.05, 0.1) is 19.3 Å². The number of thioether (sulfide) groups is 1. The highest BCUT2D eigenvalue weighted by atomic mass is 32.2. The first-order chi connectivity index (χ1) is 15.6. The van der Waals surface area contributed by atoms with Gasteiger partial charge in [-0.1, -0.05) is 12.1 Å². The van der Waals surface area contributed by atoms with E-state index in [0.717, 1.165) is 62.2 Å². The summed E-state index contributed by atoms with van der Waals surface area (Å²) >= 11 is 1.84. The number of methoxy groups -OCH3 is 1. The van der Waals surface area contributed by atoms with E-state index in [-0.39, 0.29) is 23.7 Å². The summed E-state index contributed by atoms with van der Waals surface area (Å²) in [4.78, 5) is 31.0. The van der Waals surface area contributed by atoms with Crippen molar-refractivity contribution in [2.45, 2.75) is 6.54 Å². The lowest BCUT2D eigenvalue weighted by Crippen LogP contribution is -2.46. The Bertz CT molecular complexity index is 968. The third kappa shape index (κ3) is 5.58. The van der Waals surface area contributed by atoms with E-state index in [4.69, 9.17) is 13.9 Å². The maximum Gasteiger partial charge on any atom is 0.260 e. The Morgan fingerprint density at radius 1 is 1.06 bits per heavy atom. The Balaban J connectivity index is 1.27. The van der Waals surface area contributed by atoms with Crippen molar-refractivity contribution in [2.75, 3.05) is 69.4 Å². The summed E-state index contributed by atoms with van der Waals surface area (Å²) in [5, 5.41) is 0. The molecule has 2 fully saturated rings. The molecule has 1 aromatic heterocycles. The molecule has 1 amide bonds. The highest BCUT2D eigenvalue weighted by Gasteiger charge is 2.21. The number of benzene rings is 1. The molecule has 4 rings (SSSR count). The summed E-state index contributed by atoms with van der Waals surface area (Å²) in [6.45, 7) is 5.30. The van der Waals surface area contributed by atoms with Crippen molar-refractivity contribution >= 4 is 23.4 Å². The molecular formula is C23H29N3O5S. The fraction of sp³-hybridized carbons (Fsp3) is 0.478. The van der Waals surface area contributed by atoms with Gasteiger partial charge in [0.25, 0.3) is 5.91 Å². The number of anilines is 1. The molecule has 2 aliphatic rings. The molecule has 8 nitrogen and oxygen atoms in total. The van der Waals surface area contributed by atoms with E-state index in [0.29, 0.717) is 12.3 Å². The summed E-state index contributed by atoms with van der Waals surface area (Å²) < 4.78 is 16.6. The van der Waals surface area contributed by atoms with Crippen LogP contribution in [0.2, 0.25) is 0 Å². The molecule has 172 valence electrons. The summed E-state index contributed by atoms with van der Waals surface area (Å²) in [5.41, 5.74) is 0.835. The second-order valence-electron chi connectivity index (χ2n) is 7.79. The summed E-state index contributed by atoms with van der Waals surface area (Å²) in [6.07, 6.45) is 1.32. The quantitative estimate of drug-likeness (QED) is 0.622. The van der Waals surface area contributed by atoms with Gasteiger partial charge in [-0.15, -0.1) is 0 Å². The van der Waals surface area contributed by atoms with Crippen LogP contribution in [0.1, 0.15) is 5.76 Å². The van der Waals surface area contributed by atoms with Crippen LogP contribution in [0, 0.1) is 0 Å². The van der Waals surface area contributed by atoms with Gasteiger partial charge in [-0.05, 0) is 12.1 Å². The van der Waals surface area contributed by atoms with E-state index < -0.39 is 0 Å². The van der Waals surface area contributed by atoms with E-state index in [2.05, 4.69) is 15.9 Å². The van der Waals surface area contributed by atoms with E-state index in [1.165, 1.54) is 12.3 Å². The smallest absolute Gasteiger partial charge is 0.260 e. The Hall–Kier alpha value is -2.65. The van der Waals surface area contributed by atoms with Crippen LogP contribution in [-0.2, 0) is 11.3 Å². The second kappa shape index (κ2) is 10.8. The van der Waals surface area contributed by atoms with Gasteiger partial charge in [0.1, 0.15) is 17.8 Å². The lowest BCUT2D eigenvalue weighted by atomic mass is 10.2. The number of nitrogens with zero attached hydrogens (tertiary/aromatic N) is 3. The van der Waals surface area contributed by atoms with Gasteiger partial charge in [0.2, 0.25) is 11.2 Å².